The molecule has 0 spiro atoms. The van der Waals surface area contributed by atoms with E-state index in [2.05, 4.69) is 16.0 Å². The van der Waals surface area contributed by atoms with Gasteiger partial charge in [0.15, 0.2) is 23.0 Å². The largest absolute Gasteiger partial charge is 0.496 e. The molecule has 180 valence electrons. The van der Waals surface area contributed by atoms with E-state index in [4.69, 9.17) is 21.7 Å². The van der Waals surface area contributed by atoms with Gasteiger partial charge in [-0.15, -0.1) is 0 Å². The first-order valence-corrected chi connectivity index (χ1v) is 10.2. The van der Waals surface area contributed by atoms with Crippen LogP contribution in [-0.2, 0) is 0 Å². The molecule has 2 heterocycles. The lowest BCUT2D eigenvalue weighted by atomic mass is 10.1. The van der Waals surface area contributed by atoms with Crippen molar-refractivity contribution in [3.8, 4) is 17.2 Å². The minimum atomic E-state index is -2.87. The van der Waals surface area contributed by atoms with Crippen molar-refractivity contribution in [1.82, 2.24) is 9.88 Å². The van der Waals surface area contributed by atoms with E-state index in [9.17, 15) is 22.4 Å². The second-order valence-corrected chi connectivity index (χ2v) is 7.43. The van der Waals surface area contributed by atoms with Gasteiger partial charge in [0.2, 0.25) is 0 Å². The molecule has 1 fully saturated rings. The minimum Gasteiger partial charge on any atom is -0.496 e. The summed E-state index contributed by atoms with van der Waals surface area (Å²) in [5.41, 5.74) is 4.62. The molecule has 1 aliphatic heterocycles. The lowest BCUT2D eigenvalue weighted by Crippen LogP contribution is -2.59. The number of nitrogens with one attached hydrogen (secondary N) is 1. The SMILES string of the molecule is CN.COc1cc2nccc(Oc3cc(F)c(NC(=S)N4CC(F)(F)C4)c(F)c3)c2cc1C=O. The number of hydrogen-bond acceptors (Lipinski definition) is 6. The fraction of sp³-hybridized carbons (Fsp3) is 0.227. The van der Waals surface area contributed by atoms with Crippen molar-refractivity contribution in [2.24, 2.45) is 5.73 Å². The Morgan fingerprint density at radius 1 is 1.18 bits per heavy atom. The molecule has 0 amide bonds. The molecule has 1 saturated heterocycles. The number of likely N-dealkylation sites (tertiary alicyclic amines) is 1. The van der Waals surface area contributed by atoms with Crippen molar-refractivity contribution in [2.45, 2.75) is 5.92 Å². The third-order valence-electron chi connectivity index (χ3n) is 4.79. The topological polar surface area (TPSA) is 89.7 Å². The van der Waals surface area contributed by atoms with Crippen molar-refractivity contribution in [2.75, 3.05) is 32.6 Å². The number of hydrogen-bond donors (Lipinski definition) is 2. The maximum Gasteiger partial charge on any atom is 0.282 e. The standard InChI is InChI=1S/C21H15F4N3O3S.CH5N/c1-30-18-7-16-13(4-11(18)8-29)17(2-3-26-16)31-12-5-14(22)19(15(23)6-12)27-20(32)28-9-21(24,25)10-28;1-2/h2-8H,9-10H2,1H3,(H,27,32);2H2,1H3. The quantitative estimate of drug-likeness (QED) is 0.306. The van der Waals surface area contributed by atoms with E-state index in [-0.39, 0.29) is 22.2 Å². The number of carbonyl (C=O) groups is 1. The van der Waals surface area contributed by atoms with Gasteiger partial charge < -0.3 is 25.4 Å². The summed E-state index contributed by atoms with van der Waals surface area (Å²) in [5.74, 6) is -4.56. The number of aldehydes is 1. The van der Waals surface area contributed by atoms with Crippen molar-refractivity contribution < 1.29 is 31.8 Å². The molecular weight excluding hydrogens is 476 g/mol. The molecule has 2 aromatic carbocycles. The summed E-state index contributed by atoms with van der Waals surface area (Å²) in [5, 5.41) is 2.54. The Morgan fingerprint density at radius 3 is 2.38 bits per heavy atom. The maximum atomic E-state index is 14.6. The summed E-state index contributed by atoms with van der Waals surface area (Å²) in [6.07, 6.45) is 2.04. The normalized spacial score (nSPS) is 13.9. The Balaban J connectivity index is 0.00000158. The Bertz CT molecular complexity index is 1210. The molecule has 4 rings (SSSR count). The first kappa shape index (κ1) is 25.1. The number of aromatic nitrogens is 1. The zero-order chi connectivity index (χ0) is 25.0. The van der Waals surface area contributed by atoms with E-state index < -0.39 is 36.3 Å². The van der Waals surface area contributed by atoms with E-state index in [1.807, 2.05) is 0 Å². The van der Waals surface area contributed by atoms with Crippen LogP contribution in [0.5, 0.6) is 17.2 Å². The number of nitrogens with zero attached hydrogens (tertiary/aromatic N) is 2. The molecule has 12 heteroatoms. The molecule has 1 aliphatic rings. The van der Waals surface area contributed by atoms with E-state index in [1.54, 1.807) is 6.07 Å². The number of thiocarbonyl (C=S) groups is 1. The van der Waals surface area contributed by atoms with Gasteiger partial charge in [0.1, 0.15) is 22.9 Å². The van der Waals surface area contributed by atoms with Gasteiger partial charge in [0.05, 0.1) is 31.3 Å². The van der Waals surface area contributed by atoms with E-state index in [0.717, 1.165) is 17.0 Å². The molecule has 34 heavy (non-hydrogen) atoms. The van der Waals surface area contributed by atoms with Crippen molar-refractivity contribution >= 4 is 40.2 Å². The number of carbonyl (C=O) groups excluding carboxylic acids is 1. The van der Waals surface area contributed by atoms with Crippen LogP contribution in [0.1, 0.15) is 10.4 Å². The van der Waals surface area contributed by atoms with Crippen molar-refractivity contribution in [3.05, 3.63) is 53.7 Å². The second kappa shape index (κ2) is 10.2. The molecule has 0 bridgehead atoms. The number of fused-ring (bicyclic) bond motifs is 1. The summed E-state index contributed by atoms with van der Waals surface area (Å²) in [6, 6.07) is 6.36. The highest BCUT2D eigenvalue weighted by molar-refractivity contribution is 7.80. The predicted molar refractivity (Wildman–Crippen MR) is 123 cm³/mol. The van der Waals surface area contributed by atoms with Gasteiger partial charge in [-0.05, 0) is 31.4 Å². The monoisotopic (exact) mass is 496 g/mol. The Morgan fingerprint density at radius 2 is 1.82 bits per heavy atom. The maximum absolute atomic E-state index is 14.6. The van der Waals surface area contributed by atoms with Crippen LogP contribution in [0.4, 0.5) is 23.2 Å². The minimum absolute atomic E-state index is 0.164. The first-order valence-electron chi connectivity index (χ1n) is 9.81. The summed E-state index contributed by atoms with van der Waals surface area (Å²) in [4.78, 5) is 16.6. The molecule has 0 saturated carbocycles. The highest BCUT2D eigenvalue weighted by atomic mass is 32.1. The van der Waals surface area contributed by atoms with Gasteiger partial charge in [0.25, 0.3) is 5.92 Å². The van der Waals surface area contributed by atoms with Crippen LogP contribution >= 0.6 is 12.2 Å². The lowest BCUT2D eigenvalue weighted by molar-refractivity contribution is -0.0999. The second-order valence-electron chi connectivity index (χ2n) is 7.04. The number of alkyl halides is 2. The predicted octanol–water partition coefficient (Wildman–Crippen LogP) is 4.35. The average Bonchev–Trinajstić information content (AvgIpc) is 2.80. The average molecular weight is 496 g/mol. The highest BCUT2D eigenvalue weighted by Crippen LogP contribution is 2.35. The van der Waals surface area contributed by atoms with Crippen LogP contribution in [0.25, 0.3) is 10.9 Å². The Labute approximate surface area is 197 Å². The highest BCUT2D eigenvalue weighted by Gasteiger charge is 2.45. The number of methoxy groups -OCH3 is 1. The molecule has 0 aliphatic carbocycles. The number of halogens is 4. The van der Waals surface area contributed by atoms with Gasteiger partial charge in [-0.1, -0.05) is 0 Å². The molecule has 0 radical (unpaired) electrons. The number of anilines is 1. The van der Waals surface area contributed by atoms with Gasteiger partial charge in [-0.2, -0.15) is 0 Å². The third-order valence-corrected chi connectivity index (χ3v) is 5.15. The molecule has 7 nitrogen and oxygen atoms in total. The zero-order valence-corrected chi connectivity index (χ0v) is 18.9. The van der Waals surface area contributed by atoms with Crippen LogP contribution in [0.3, 0.4) is 0 Å². The van der Waals surface area contributed by atoms with Gasteiger partial charge in [-0.25, -0.2) is 17.6 Å². The molecule has 0 unspecified atom stereocenters. The fourth-order valence-electron chi connectivity index (χ4n) is 3.22. The molecule has 1 aromatic heterocycles. The fourth-order valence-corrected chi connectivity index (χ4v) is 3.45. The lowest BCUT2D eigenvalue weighted by Gasteiger charge is -2.40. The van der Waals surface area contributed by atoms with Gasteiger partial charge >= 0.3 is 0 Å². The number of rotatable bonds is 5. The van der Waals surface area contributed by atoms with Gasteiger partial charge in [0, 0.05) is 29.8 Å². The smallest absolute Gasteiger partial charge is 0.282 e. The number of ether oxygens (including phenoxy) is 2. The van der Waals surface area contributed by atoms with Crippen LogP contribution in [0.2, 0.25) is 0 Å². The Kier molecular flexibility index (Phi) is 7.52. The van der Waals surface area contributed by atoms with Crippen LogP contribution in [-0.4, -0.2) is 54.5 Å². The van der Waals surface area contributed by atoms with E-state index in [1.165, 1.54) is 32.5 Å². The summed E-state index contributed by atoms with van der Waals surface area (Å²) < 4.78 is 65.9. The van der Waals surface area contributed by atoms with Crippen LogP contribution in [0.15, 0.2) is 36.5 Å². The Hall–Kier alpha value is -3.51. The summed E-state index contributed by atoms with van der Waals surface area (Å²) >= 11 is 4.94. The number of pyridine rings is 1. The zero-order valence-electron chi connectivity index (χ0n) is 18.1. The van der Waals surface area contributed by atoms with Crippen molar-refractivity contribution in [1.29, 1.82) is 0 Å². The molecular formula is C22H20F4N4O3S. The first-order chi connectivity index (χ1) is 16.2. The third kappa shape index (κ3) is 5.18. The van der Waals surface area contributed by atoms with E-state index in [0.29, 0.717) is 22.9 Å². The van der Waals surface area contributed by atoms with Gasteiger partial charge in [-0.3, -0.25) is 9.78 Å². The summed E-state index contributed by atoms with van der Waals surface area (Å²) in [6.45, 7) is -1.24. The number of nitrogens with two attached hydrogens (primary N) is 1. The molecule has 0 atom stereocenters. The molecule has 3 aromatic rings. The summed E-state index contributed by atoms with van der Waals surface area (Å²) in [7, 11) is 2.91. The van der Waals surface area contributed by atoms with Crippen LogP contribution in [0, 0.1) is 11.6 Å². The van der Waals surface area contributed by atoms with E-state index >= 15 is 0 Å². The number of benzene rings is 2. The van der Waals surface area contributed by atoms with Crippen molar-refractivity contribution in [3.63, 3.8) is 0 Å². The van der Waals surface area contributed by atoms with Crippen LogP contribution < -0.4 is 20.5 Å². The molecule has 3 N–H and O–H groups in total.